The number of hydrogen-bond acceptors (Lipinski definition) is 6. The molecule has 1 atom stereocenters. The lowest BCUT2D eigenvalue weighted by Gasteiger charge is -2.25. The monoisotopic (exact) mass is 462 g/mol. The van der Waals surface area contributed by atoms with E-state index in [1.165, 1.54) is 9.47 Å². The lowest BCUT2D eigenvalue weighted by Crippen LogP contribution is -2.42. The quantitative estimate of drug-likeness (QED) is 0.496. The van der Waals surface area contributed by atoms with Gasteiger partial charge in [0.15, 0.2) is 5.69 Å². The number of fused-ring (bicyclic) bond motifs is 1. The molecule has 1 unspecified atom stereocenters. The third-order valence-corrected chi connectivity index (χ3v) is 5.84. The Bertz CT molecular complexity index is 1330. The Morgan fingerprint density at radius 3 is 2.53 bits per heavy atom. The van der Waals surface area contributed by atoms with Crippen LogP contribution in [0.3, 0.4) is 0 Å². The Labute approximate surface area is 195 Å². The highest BCUT2D eigenvalue weighted by Gasteiger charge is 2.34. The van der Waals surface area contributed by atoms with Crippen molar-refractivity contribution in [1.82, 2.24) is 9.55 Å². The van der Waals surface area contributed by atoms with Crippen LogP contribution in [0, 0.1) is 0 Å². The number of nitrogen functional groups attached to an aromatic ring is 1. The van der Waals surface area contributed by atoms with Crippen molar-refractivity contribution in [2.45, 2.75) is 38.8 Å². The van der Waals surface area contributed by atoms with Gasteiger partial charge in [-0.15, -0.1) is 0 Å². The first-order chi connectivity index (χ1) is 16.4. The molecule has 4 rings (SSSR count). The smallest absolute Gasteiger partial charge is 0.339 e. The fourth-order valence-corrected chi connectivity index (χ4v) is 4.08. The molecular formula is C25H26N4O5. The van der Waals surface area contributed by atoms with Crippen LogP contribution in [-0.4, -0.2) is 28.0 Å². The molecule has 0 saturated heterocycles. The van der Waals surface area contributed by atoms with E-state index in [2.05, 4.69) is 4.98 Å². The summed E-state index contributed by atoms with van der Waals surface area (Å²) in [5, 5.41) is 0. The van der Waals surface area contributed by atoms with E-state index in [1.54, 1.807) is 24.3 Å². The van der Waals surface area contributed by atoms with E-state index in [0.717, 1.165) is 12.0 Å². The first-order valence-corrected chi connectivity index (χ1v) is 11.2. The van der Waals surface area contributed by atoms with Crippen molar-refractivity contribution in [2.24, 2.45) is 0 Å². The highest BCUT2D eigenvalue weighted by Crippen LogP contribution is 2.34. The summed E-state index contributed by atoms with van der Waals surface area (Å²) in [7, 11) is 0. The van der Waals surface area contributed by atoms with Crippen LogP contribution in [0.4, 0.5) is 11.5 Å². The number of carbonyl (C=O) groups is 2. The van der Waals surface area contributed by atoms with Gasteiger partial charge in [-0.2, -0.15) is 0 Å². The molecule has 0 fully saturated rings. The number of rotatable bonds is 8. The summed E-state index contributed by atoms with van der Waals surface area (Å²) in [6, 6.07) is 16.1. The van der Waals surface area contributed by atoms with Gasteiger partial charge in [0.05, 0.1) is 18.5 Å². The number of nitrogens with one attached hydrogen (secondary N) is 1. The second-order valence-corrected chi connectivity index (χ2v) is 8.15. The number of cyclic esters (lactones) is 1. The molecule has 0 bridgehead atoms. The van der Waals surface area contributed by atoms with E-state index in [1.807, 2.05) is 37.3 Å². The van der Waals surface area contributed by atoms with Crippen LogP contribution in [0.5, 0.6) is 0 Å². The molecule has 1 aliphatic rings. The number of unbranched alkanes of at least 4 members (excludes halogenated alkanes) is 1. The molecule has 34 heavy (non-hydrogen) atoms. The van der Waals surface area contributed by atoms with Gasteiger partial charge in [0.1, 0.15) is 11.9 Å². The number of nitrogens with two attached hydrogens (primary N) is 1. The van der Waals surface area contributed by atoms with Crippen molar-refractivity contribution < 1.29 is 14.3 Å². The molecule has 176 valence electrons. The molecule has 1 aliphatic heterocycles. The Morgan fingerprint density at radius 2 is 1.79 bits per heavy atom. The first kappa shape index (κ1) is 23.0. The molecule has 2 heterocycles. The number of amides is 1. The largest absolute Gasteiger partial charge is 0.453 e. The first-order valence-electron chi connectivity index (χ1n) is 11.2. The molecule has 0 radical (unpaired) electrons. The van der Waals surface area contributed by atoms with Crippen molar-refractivity contribution >= 4 is 23.4 Å². The average Bonchev–Trinajstić information content (AvgIpc) is 3.14. The zero-order valence-corrected chi connectivity index (χ0v) is 18.8. The van der Waals surface area contributed by atoms with E-state index in [9.17, 15) is 19.2 Å². The zero-order valence-electron chi connectivity index (χ0n) is 18.8. The number of carbonyl (C=O) groups excluding carboxylic acids is 2. The van der Waals surface area contributed by atoms with Gasteiger partial charge in [-0.3, -0.25) is 19.1 Å². The maximum absolute atomic E-state index is 13.4. The minimum Gasteiger partial charge on any atom is -0.453 e. The summed E-state index contributed by atoms with van der Waals surface area (Å²) in [5.41, 5.74) is 6.72. The van der Waals surface area contributed by atoms with Crippen molar-refractivity contribution in [3.05, 3.63) is 92.1 Å². The maximum atomic E-state index is 13.4. The van der Waals surface area contributed by atoms with Crippen LogP contribution in [0.2, 0.25) is 0 Å². The lowest BCUT2D eigenvalue weighted by molar-refractivity contribution is -0.120. The molecule has 0 saturated carbocycles. The van der Waals surface area contributed by atoms with E-state index >= 15 is 0 Å². The van der Waals surface area contributed by atoms with Crippen LogP contribution in [0.1, 0.15) is 53.8 Å². The Kier molecular flexibility index (Phi) is 6.62. The van der Waals surface area contributed by atoms with Crippen molar-refractivity contribution in [3.63, 3.8) is 0 Å². The second-order valence-electron chi connectivity index (χ2n) is 8.15. The Morgan fingerprint density at radius 1 is 1.09 bits per heavy atom. The van der Waals surface area contributed by atoms with Crippen molar-refractivity contribution in [2.75, 3.05) is 17.2 Å². The zero-order chi connectivity index (χ0) is 24.2. The number of aromatic nitrogens is 2. The van der Waals surface area contributed by atoms with Crippen molar-refractivity contribution in [1.29, 1.82) is 0 Å². The number of hydrogen-bond donors (Lipinski definition) is 2. The summed E-state index contributed by atoms with van der Waals surface area (Å²) in [5.74, 6) is -1.00. The van der Waals surface area contributed by atoms with Gasteiger partial charge >= 0.3 is 11.7 Å². The van der Waals surface area contributed by atoms with E-state index < -0.39 is 29.2 Å². The number of anilines is 2. The van der Waals surface area contributed by atoms with Gasteiger partial charge in [0.25, 0.3) is 5.56 Å². The number of esters is 1. The predicted octanol–water partition coefficient (Wildman–Crippen LogP) is 2.60. The van der Waals surface area contributed by atoms with Gasteiger partial charge in [-0.1, -0.05) is 61.9 Å². The van der Waals surface area contributed by atoms with Gasteiger partial charge in [0, 0.05) is 12.1 Å². The molecule has 9 heteroatoms. The van der Waals surface area contributed by atoms with Gasteiger partial charge < -0.3 is 15.4 Å². The minimum atomic E-state index is -0.754. The molecule has 1 amide bonds. The third-order valence-electron chi connectivity index (χ3n) is 5.84. The Balaban J connectivity index is 1.69. The van der Waals surface area contributed by atoms with Gasteiger partial charge in [-0.05, 0) is 18.1 Å². The van der Waals surface area contributed by atoms with Crippen molar-refractivity contribution in [3.8, 4) is 0 Å². The second kappa shape index (κ2) is 9.78. The van der Waals surface area contributed by atoms with E-state index in [-0.39, 0.29) is 31.0 Å². The fourth-order valence-electron chi connectivity index (χ4n) is 4.08. The number of benzene rings is 2. The SMILES string of the molecule is CCCCN(C(=O)CC1OC(=O)c2ccccc21)c1c(N)n(Cc2ccccc2)c(=O)[nH]c1=O. The molecular weight excluding hydrogens is 436 g/mol. The normalized spacial score (nSPS) is 14.5. The Hall–Kier alpha value is -4.14. The number of H-pyrrole nitrogens is 1. The van der Waals surface area contributed by atoms with Gasteiger partial charge in [-0.25, -0.2) is 9.59 Å². The average molecular weight is 463 g/mol. The molecule has 3 N–H and O–H groups in total. The highest BCUT2D eigenvalue weighted by atomic mass is 16.5. The van der Waals surface area contributed by atoms with Crippen LogP contribution >= 0.6 is 0 Å². The summed E-state index contributed by atoms with van der Waals surface area (Å²) in [4.78, 5) is 54.6. The molecule has 0 aliphatic carbocycles. The van der Waals surface area contributed by atoms with Crippen LogP contribution < -0.4 is 21.9 Å². The highest BCUT2D eigenvalue weighted by molar-refractivity contribution is 5.98. The molecule has 9 nitrogen and oxygen atoms in total. The van der Waals surface area contributed by atoms with Crippen LogP contribution in [0.25, 0.3) is 0 Å². The van der Waals surface area contributed by atoms with E-state index in [0.29, 0.717) is 17.5 Å². The number of ether oxygens (including phenoxy) is 1. The van der Waals surface area contributed by atoms with Gasteiger partial charge in [0.2, 0.25) is 5.91 Å². The van der Waals surface area contributed by atoms with E-state index in [4.69, 9.17) is 10.5 Å². The fraction of sp³-hybridized carbons (Fsp3) is 0.280. The number of nitrogens with zero attached hydrogens (tertiary/aromatic N) is 2. The third kappa shape index (κ3) is 4.50. The number of aromatic amines is 1. The molecule has 0 spiro atoms. The summed E-state index contributed by atoms with van der Waals surface area (Å²) >= 11 is 0. The van der Waals surface area contributed by atoms with Crippen LogP contribution in [-0.2, 0) is 16.1 Å². The molecule has 3 aromatic rings. The molecule has 2 aromatic carbocycles. The maximum Gasteiger partial charge on any atom is 0.339 e. The minimum absolute atomic E-state index is 0.0772. The molecule has 1 aromatic heterocycles. The van der Waals surface area contributed by atoms with Crippen LogP contribution in [0.15, 0.2) is 64.2 Å². The topological polar surface area (TPSA) is 127 Å². The summed E-state index contributed by atoms with van der Waals surface area (Å²) < 4.78 is 6.66. The lowest BCUT2D eigenvalue weighted by atomic mass is 10.0. The summed E-state index contributed by atoms with van der Waals surface area (Å²) in [6.45, 7) is 2.33. The predicted molar refractivity (Wildman–Crippen MR) is 128 cm³/mol. The standard InChI is InChI=1S/C25H26N4O5/c1-2-3-13-28(20(30)14-19-17-11-7-8-12-18(17)24(32)34-19)21-22(26)29(25(33)27-23(21)31)15-16-9-5-4-6-10-16/h4-12,19H,2-3,13-15,26H2,1H3,(H,27,31,33). The summed E-state index contributed by atoms with van der Waals surface area (Å²) in [6.07, 6.45) is 0.481.